The van der Waals surface area contributed by atoms with Gasteiger partial charge in [0.1, 0.15) is 0 Å². The maximum absolute atomic E-state index is 12.2. The number of methoxy groups -OCH3 is 2. The van der Waals surface area contributed by atoms with Gasteiger partial charge in [-0.25, -0.2) is 13.1 Å². The van der Waals surface area contributed by atoms with Gasteiger partial charge >= 0.3 is 0 Å². The largest absolute Gasteiger partial charge is 0.493 e. The van der Waals surface area contributed by atoms with E-state index < -0.39 is 10.0 Å². The fourth-order valence-corrected chi connectivity index (χ4v) is 3.51. The molecular formula is C16H17Cl2NO4S. The number of sulfonamides is 1. The van der Waals surface area contributed by atoms with Gasteiger partial charge in [0.2, 0.25) is 10.0 Å². The second-order valence-corrected chi connectivity index (χ2v) is 7.64. The Morgan fingerprint density at radius 2 is 1.58 bits per heavy atom. The van der Waals surface area contributed by atoms with Crippen LogP contribution >= 0.6 is 23.2 Å². The monoisotopic (exact) mass is 389 g/mol. The highest BCUT2D eigenvalue weighted by Gasteiger charge is 2.13. The normalized spacial score (nSPS) is 11.3. The van der Waals surface area contributed by atoms with Crippen LogP contribution in [0.5, 0.6) is 11.5 Å². The summed E-state index contributed by atoms with van der Waals surface area (Å²) >= 11 is 11.7. The van der Waals surface area contributed by atoms with Crippen molar-refractivity contribution in [1.82, 2.24) is 4.72 Å². The summed E-state index contributed by atoms with van der Waals surface area (Å²) in [5, 5.41) is 0.709. The Bertz CT molecular complexity index is 825. The molecule has 24 heavy (non-hydrogen) atoms. The second-order valence-electron chi connectivity index (χ2n) is 5.02. The Hall–Kier alpha value is -1.47. The molecule has 0 bridgehead atoms. The Kier molecular flexibility index (Phi) is 6.34. The number of rotatable bonds is 7. The molecule has 0 atom stereocenters. The first-order chi connectivity index (χ1) is 11.3. The molecule has 0 aliphatic heterocycles. The van der Waals surface area contributed by atoms with E-state index in [1.165, 1.54) is 14.2 Å². The highest BCUT2D eigenvalue weighted by atomic mass is 35.5. The molecule has 0 unspecified atom stereocenters. The zero-order valence-electron chi connectivity index (χ0n) is 13.2. The first-order valence-electron chi connectivity index (χ1n) is 6.97. The summed E-state index contributed by atoms with van der Waals surface area (Å²) in [7, 11) is -0.458. The molecule has 130 valence electrons. The van der Waals surface area contributed by atoms with E-state index in [-0.39, 0.29) is 12.3 Å². The van der Waals surface area contributed by atoms with Gasteiger partial charge < -0.3 is 9.47 Å². The van der Waals surface area contributed by atoms with E-state index in [0.29, 0.717) is 27.1 Å². The maximum atomic E-state index is 12.2. The van der Waals surface area contributed by atoms with Crippen molar-refractivity contribution in [3.05, 3.63) is 57.6 Å². The lowest BCUT2D eigenvalue weighted by atomic mass is 10.2. The summed E-state index contributed by atoms with van der Waals surface area (Å²) in [4.78, 5) is 0. The maximum Gasteiger partial charge on any atom is 0.216 e. The number of nitrogens with one attached hydrogen (secondary N) is 1. The molecule has 0 heterocycles. The van der Waals surface area contributed by atoms with E-state index in [0.717, 1.165) is 5.56 Å². The van der Waals surface area contributed by atoms with Crippen LogP contribution in [0.25, 0.3) is 0 Å². The van der Waals surface area contributed by atoms with Crippen molar-refractivity contribution in [1.29, 1.82) is 0 Å². The standard InChI is InChI=1S/C16H17Cl2NO4S/c1-22-15-6-4-11(8-16(15)23-2)9-19-24(20,21)10-12-3-5-13(17)14(18)7-12/h3-8,19H,9-10H2,1-2H3. The number of benzene rings is 2. The summed E-state index contributed by atoms with van der Waals surface area (Å²) in [6.07, 6.45) is 0. The van der Waals surface area contributed by atoms with Crippen LogP contribution in [0, 0.1) is 0 Å². The summed E-state index contributed by atoms with van der Waals surface area (Å²) < 4.78 is 37.3. The molecule has 1 N–H and O–H groups in total. The highest BCUT2D eigenvalue weighted by molar-refractivity contribution is 7.88. The van der Waals surface area contributed by atoms with Crippen LogP contribution in [0.2, 0.25) is 10.0 Å². The Balaban J connectivity index is 2.05. The minimum Gasteiger partial charge on any atom is -0.493 e. The van der Waals surface area contributed by atoms with Crippen molar-refractivity contribution < 1.29 is 17.9 Å². The predicted molar refractivity (Wildman–Crippen MR) is 95.5 cm³/mol. The van der Waals surface area contributed by atoms with E-state index in [2.05, 4.69) is 4.72 Å². The molecular weight excluding hydrogens is 373 g/mol. The summed E-state index contributed by atoms with van der Waals surface area (Å²) in [5.41, 5.74) is 1.31. The predicted octanol–water partition coefficient (Wildman–Crippen LogP) is 3.63. The Morgan fingerprint density at radius 3 is 2.21 bits per heavy atom. The van der Waals surface area contributed by atoms with Crippen molar-refractivity contribution in [3.63, 3.8) is 0 Å². The molecule has 0 spiro atoms. The average molecular weight is 390 g/mol. The molecule has 0 radical (unpaired) electrons. The van der Waals surface area contributed by atoms with Crippen molar-refractivity contribution in [3.8, 4) is 11.5 Å². The molecule has 5 nitrogen and oxygen atoms in total. The minimum absolute atomic E-state index is 0.143. The molecule has 2 aromatic rings. The highest BCUT2D eigenvalue weighted by Crippen LogP contribution is 2.27. The first kappa shape index (κ1) is 18.9. The molecule has 0 aromatic heterocycles. The van der Waals surface area contributed by atoms with Gasteiger partial charge in [-0.3, -0.25) is 0 Å². The lowest BCUT2D eigenvalue weighted by Gasteiger charge is -2.11. The fraction of sp³-hybridized carbons (Fsp3) is 0.250. The van der Waals surface area contributed by atoms with Crippen LogP contribution in [0.3, 0.4) is 0 Å². The van der Waals surface area contributed by atoms with Crippen LogP contribution in [-0.2, 0) is 22.3 Å². The van der Waals surface area contributed by atoms with Crippen molar-refractivity contribution in [2.45, 2.75) is 12.3 Å². The van der Waals surface area contributed by atoms with E-state index in [1.807, 2.05) is 0 Å². The zero-order chi connectivity index (χ0) is 17.7. The van der Waals surface area contributed by atoms with Gasteiger partial charge in [-0.05, 0) is 35.4 Å². The molecule has 0 saturated carbocycles. The van der Waals surface area contributed by atoms with Crippen molar-refractivity contribution in [2.75, 3.05) is 14.2 Å². The first-order valence-corrected chi connectivity index (χ1v) is 9.37. The van der Waals surface area contributed by atoms with Gasteiger partial charge in [0, 0.05) is 6.54 Å². The van der Waals surface area contributed by atoms with Crippen LogP contribution in [-0.4, -0.2) is 22.6 Å². The van der Waals surface area contributed by atoms with Gasteiger partial charge in [-0.1, -0.05) is 35.3 Å². The molecule has 2 rings (SSSR count). The number of halogens is 2. The van der Waals surface area contributed by atoms with E-state index in [9.17, 15) is 8.42 Å². The van der Waals surface area contributed by atoms with E-state index in [4.69, 9.17) is 32.7 Å². The molecule has 0 aliphatic carbocycles. The van der Waals surface area contributed by atoms with Crippen molar-refractivity contribution in [2.24, 2.45) is 0 Å². The Morgan fingerprint density at radius 1 is 0.917 bits per heavy atom. The van der Waals surface area contributed by atoms with Crippen LogP contribution in [0.15, 0.2) is 36.4 Å². The third-order valence-corrected chi connectivity index (χ3v) is 5.32. The molecule has 0 fully saturated rings. The minimum atomic E-state index is -3.52. The van der Waals surface area contributed by atoms with Crippen LogP contribution < -0.4 is 14.2 Å². The molecule has 2 aromatic carbocycles. The van der Waals surface area contributed by atoms with Crippen LogP contribution in [0.4, 0.5) is 0 Å². The van der Waals surface area contributed by atoms with Gasteiger partial charge in [0.15, 0.2) is 11.5 Å². The SMILES string of the molecule is COc1ccc(CNS(=O)(=O)Cc2ccc(Cl)c(Cl)c2)cc1OC. The molecule has 0 amide bonds. The van der Waals surface area contributed by atoms with Crippen molar-refractivity contribution >= 4 is 33.2 Å². The molecule has 0 saturated heterocycles. The zero-order valence-corrected chi connectivity index (χ0v) is 15.5. The fourth-order valence-electron chi connectivity index (χ4n) is 2.08. The Labute approximate surface area is 151 Å². The van der Waals surface area contributed by atoms with Gasteiger partial charge in [-0.2, -0.15) is 0 Å². The van der Waals surface area contributed by atoms with Gasteiger partial charge in [-0.15, -0.1) is 0 Å². The smallest absolute Gasteiger partial charge is 0.216 e. The second kappa shape index (κ2) is 8.07. The average Bonchev–Trinajstić information content (AvgIpc) is 2.56. The van der Waals surface area contributed by atoms with E-state index in [1.54, 1.807) is 36.4 Å². The number of hydrogen-bond donors (Lipinski definition) is 1. The number of hydrogen-bond acceptors (Lipinski definition) is 4. The van der Waals surface area contributed by atoms with Gasteiger partial charge in [0.25, 0.3) is 0 Å². The summed E-state index contributed by atoms with van der Waals surface area (Å²) in [6, 6.07) is 9.96. The van der Waals surface area contributed by atoms with Gasteiger partial charge in [0.05, 0.1) is 30.0 Å². The third kappa shape index (κ3) is 5.01. The van der Waals surface area contributed by atoms with E-state index >= 15 is 0 Å². The molecule has 0 aliphatic rings. The van der Waals surface area contributed by atoms with Crippen LogP contribution in [0.1, 0.15) is 11.1 Å². The lowest BCUT2D eigenvalue weighted by Crippen LogP contribution is -2.24. The quantitative estimate of drug-likeness (QED) is 0.784. The number of ether oxygens (including phenoxy) is 2. The lowest BCUT2D eigenvalue weighted by molar-refractivity contribution is 0.354. The third-order valence-electron chi connectivity index (χ3n) is 3.28. The summed E-state index contributed by atoms with van der Waals surface area (Å²) in [5.74, 6) is 0.940. The molecule has 8 heteroatoms. The topological polar surface area (TPSA) is 64.6 Å². The summed E-state index contributed by atoms with van der Waals surface area (Å²) in [6.45, 7) is 0.143.